The van der Waals surface area contributed by atoms with Crippen LogP contribution in [0, 0.1) is 5.92 Å². The lowest BCUT2D eigenvalue weighted by atomic mass is 9.89. The number of carbonyl (C=O) groups excluding carboxylic acids is 1. The van der Waals surface area contributed by atoms with Crippen molar-refractivity contribution in [3.05, 3.63) is 45.3 Å². The van der Waals surface area contributed by atoms with Gasteiger partial charge in [-0.25, -0.2) is 17.7 Å². The van der Waals surface area contributed by atoms with Crippen LogP contribution in [0.2, 0.25) is 0 Å². The lowest BCUT2D eigenvalue weighted by Gasteiger charge is -2.17. The number of carbonyl (C=O) groups is 1. The summed E-state index contributed by atoms with van der Waals surface area (Å²) in [6.45, 7) is 1.95. The normalized spacial score (nSPS) is 16.1. The van der Waals surface area contributed by atoms with E-state index >= 15 is 0 Å². The molecule has 1 atom stereocenters. The van der Waals surface area contributed by atoms with E-state index in [4.69, 9.17) is 4.74 Å². The van der Waals surface area contributed by atoms with E-state index in [9.17, 15) is 18.0 Å². The number of thiophene rings is 1. The van der Waals surface area contributed by atoms with Crippen LogP contribution in [0.15, 0.2) is 34.2 Å². The zero-order chi connectivity index (χ0) is 23.9. The molecule has 1 unspecified atom stereocenters. The summed E-state index contributed by atoms with van der Waals surface area (Å²) in [4.78, 5) is 32.3. The molecule has 1 amide bonds. The van der Waals surface area contributed by atoms with Gasteiger partial charge in [-0.05, 0) is 48.9 Å². The lowest BCUT2D eigenvalue weighted by Crippen LogP contribution is -2.28. The summed E-state index contributed by atoms with van der Waals surface area (Å²) in [5.74, 6) is 0.400. The van der Waals surface area contributed by atoms with Crippen LogP contribution in [0.3, 0.4) is 0 Å². The van der Waals surface area contributed by atoms with E-state index in [1.165, 1.54) is 55.2 Å². The van der Waals surface area contributed by atoms with E-state index in [1.807, 2.05) is 0 Å². The molecule has 4 rings (SSSR count). The Morgan fingerprint density at radius 3 is 2.82 bits per heavy atom. The topological polar surface area (TPSA) is 111 Å². The first-order chi connectivity index (χ1) is 15.6. The maximum absolute atomic E-state index is 13.2. The van der Waals surface area contributed by atoms with Crippen molar-refractivity contribution >= 4 is 43.2 Å². The lowest BCUT2D eigenvalue weighted by molar-refractivity contribution is -0.116. The molecular formula is C22H26N4O5S2. The van der Waals surface area contributed by atoms with Gasteiger partial charge in [-0.3, -0.25) is 14.2 Å². The minimum Gasteiger partial charge on any atom is -0.495 e. The highest BCUT2D eigenvalue weighted by Gasteiger charge is 2.24. The molecule has 1 aromatic carbocycles. The number of rotatable bonds is 6. The summed E-state index contributed by atoms with van der Waals surface area (Å²) in [5.41, 5.74) is 1.02. The number of aromatic nitrogens is 2. The Hall–Kier alpha value is -2.76. The Kier molecular flexibility index (Phi) is 6.30. The summed E-state index contributed by atoms with van der Waals surface area (Å²) in [5, 5.41) is 3.27. The molecule has 1 N–H and O–H groups in total. The first-order valence-corrected chi connectivity index (χ1v) is 12.8. The molecule has 33 heavy (non-hydrogen) atoms. The number of hydrogen-bond acceptors (Lipinski definition) is 7. The standard InChI is InChI=1S/C22H26N4O5S2/c1-13-5-7-15-18(9-13)32-21-20(15)22(28)26(12-23-21)11-19(27)24-16-10-14(6-8-17(16)31-4)33(29,30)25(2)3/h6,8,10,12-13H,5,7,9,11H2,1-4H3,(H,24,27). The molecule has 176 valence electrons. The van der Waals surface area contributed by atoms with Crippen molar-refractivity contribution in [2.45, 2.75) is 37.6 Å². The zero-order valence-corrected chi connectivity index (χ0v) is 20.5. The van der Waals surface area contributed by atoms with Crippen molar-refractivity contribution in [1.29, 1.82) is 0 Å². The maximum Gasteiger partial charge on any atom is 0.262 e. The number of methoxy groups -OCH3 is 1. The van der Waals surface area contributed by atoms with Gasteiger partial charge in [0.15, 0.2) is 0 Å². The van der Waals surface area contributed by atoms with E-state index in [2.05, 4.69) is 17.2 Å². The fourth-order valence-electron chi connectivity index (χ4n) is 3.98. The highest BCUT2D eigenvalue weighted by Crippen LogP contribution is 2.35. The molecule has 0 aliphatic heterocycles. The van der Waals surface area contributed by atoms with Gasteiger partial charge in [0, 0.05) is 19.0 Å². The number of sulfonamides is 1. The van der Waals surface area contributed by atoms with Crippen molar-refractivity contribution in [2.24, 2.45) is 5.92 Å². The Morgan fingerprint density at radius 2 is 2.12 bits per heavy atom. The van der Waals surface area contributed by atoms with Crippen molar-refractivity contribution in [1.82, 2.24) is 13.9 Å². The molecule has 1 aliphatic carbocycles. The zero-order valence-electron chi connectivity index (χ0n) is 18.9. The monoisotopic (exact) mass is 490 g/mol. The molecule has 0 saturated carbocycles. The minimum absolute atomic E-state index is 0.0167. The fourth-order valence-corrected chi connectivity index (χ4v) is 6.25. The van der Waals surface area contributed by atoms with E-state index < -0.39 is 15.9 Å². The van der Waals surface area contributed by atoms with Gasteiger partial charge in [-0.1, -0.05) is 6.92 Å². The van der Waals surface area contributed by atoms with Crippen LogP contribution in [-0.4, -0.2) is 49.4 Å². The predicted molar refractivity (Wildman–Crippen MR) is 128 cm³/mol. The molecule has 1 aliphatic rings. The summed E-state index contributed by atoms with van der Waals surface area (Å²) in [6, 6.07) is 4.23. The van der Waals surface area contributed by atoms with E-state index in [0.29, 0.717) is 21.9 Å². The summed E-state index contributed by atoms with van der Waals surface area (Å²) in [6.07, 6.45) is 4.20. The summed E-state index contributed by atoms with van der Waals surface area (Å²) < 4.78 is 32.6. The van der Waals surface area contributed by atoms with Crippen LogP contribution in [0.25, 0.3) is 10.2 Å². The van der Waals surface area contributed by atoms with Crippen LogP contribution in [0.5, 0.6) is 5.75 Å². The third-order valence-electron chi connectivity index (χ3n) is 5.82. The first kappa shape index (κ1) is 23.4. The highest BCUT2D eigenvalue weighted by atomic mass is 32.2. The van der Waals surface area contributed by atoms with Crippen molar-refractivity contribution < 1.29 is 17.9 Å². The molecule has 0 saturated heterocycles. The van der Waals surface area contributed by atoms with Crippen LogP contribution >= 0.6 is 11.3 Å². The fraction of sp³-hybridized carbons (Fsp3) is 0.409. The molecular weight excluding hydrogens is 464 g/mol. The highest BCUT2D eigenvalue weighted by molar-refractivity contribution is 7.89. The summed E-state index contributed by atoms with van der Waals surface area (Å²) >= 11 is 1.56. The number of amides is 1. The molecule has 3 aromatic rings. The van der Waals surface area contributed by atoms with Crippen LogP contribution in [-0.2, 0) is 34.2 Å². The van der Waals surface area contributed by atoms with E-state index in [1.54, 1.807) is 11.3 Å². The van der Waals surface area contributed by atoms with Gasteiger partial charge in [-0.15, -0.1) is 11.3 Å². The average Bonchev–Trinajstić information content (AvgIpc) is 3.13. The molecule has 2 aromatic heterocycles. The molecule has 0 bridgehead atoms. The molecule has 9 nitrogen and oxygen atoms in total. The number of nitrogens with one attached hydrogen (secondary N) is 1. The first-order valence-electron chi connectivity index (χ1n) is 10.5. The number of fused-ring (bicyclic) bond motifs is 3. The van der Waals surface area contributed by atoms with Crippen molar-refractivity contribution in [3.8, 4) is 5.75 Å². The smallest absolute Gasteiger partial charge is 0.262 e. The van der Waals surface area contributed by atoms with Crippen molar-refractivity contribution in [2.75, 3.05) is 26.5 Å². The number of benzene rings is 1. The largest absolute Gasteiger partial charge is 0.495 e. The van der Waals surface area contributed by atoms with Gasteiger partial charge in [0.2, 0.25) is 15.9 Å². The second-order valence-corrected chi connectivity index (χ2v) is 11.6. The molecule has 0 radical (unpaired) electrons. The second-order valence-electron chi connectivity index (χ2n) is 8.41. The van der Waals surface area contributed by atoms with E-state index in [-0.39, 0.29) is 22.7 Å². The number of ether oxygens (including phenoxy) is 1. The van der Waals surface area contributed by atoms with E-state index in [0.717, 1.165) is 29.1 Å². The van der Waals surface area contributed by atoms with Gasteiger partial charge in [0.1, 0.15) is 17.1 Å². The Bertz CT molecular complexity index is 1390. The van der Waals surface area contributed by atoms with Gasteiger partial charge in [-0.2, -0.15) is 0 Å². The Labute approximate surface area is 196 Å². The Balaban J connectivity index is 1.62. The maximum atomic E-state index is 13.2. The number of nitrogens with zero attached hydrogens (tertiary/aromatic N) is 3. The van der Waals surface area contributed by atoms with Gasteiger partial charge < -0.3 is 10.1 Å². The van der Waals surface area contributed by atoms with Crippen LogP contribution in [0.1, 0.15) is 23.8 Å². The van der Waals surface area contributed by atoms with Gasteiger partial charge >= 0.3 is 0 Å². The SMILES string of the molecule is COc1ccc(S(=O)(=O)N(C)C)cc1NC(=O)Cn1cnc2sc3c(c2c1=O)CCC(C)C3. The van der Waals surface area contributed by atoms with Crippen LogP contribution in [0.4, 0.5) is 5.69 Å². The summed E-state index contributed by atoms with van der Waals surface area (Å²) in [7, 11) is 0.586. The minimum atomic E-state index is -3.69. The van der Waals surface area contributed by atoms with Gasteiger partial charge in [0.05, 0.1) is 29.4 Å². The third kappa shape index (κ3) is 4.40. The molecule has 11 heteroatoms. The van der Waals surface area contributed by atoms with Gasteiger partial charge in [0.25, 0.3) is 5.56 Å². The Morgan fingerprint density at radius 1 is 1.36 bits per heavy atom. The second kappa shape index (κ2) is 8.88. The van der Waals surface area contributed by atoms with Crippen molar-refractivity contribution in [3.63, 3.8) is 0 Å². The van der Waals surface area contributed by atoms with Crippen LogP contribution < -0.4 is 15.6 Å². The quantitative estimate of drug-likeness (QED) is 0.568. The third-order valence-corrected chi connectivity index (χ3v) is 8.79. The average molecular weight is 491 g/mol. The number of aryl methyl sites for hydroxylation is 1. The molecule has 0 spiro atoms. The molecule has 0 fully saturated rings. The predicted octanol–water partition coefficient (Wildman–Crippen LogP) is 2.48. The number of anilines is 1. The number of hydrogen-bond donors (Lipinski definition) is 1. The molecule has 2 heterocycles.